The third kappa shape index (κ3) is 6.88. The van der Waals surface area contributed by atoms with Crippen molar-refractivity contribution in [2.24, 2.45) is 0 Å². The molecule has 0 aromatic rings. The van der Waals surface area contributed by atoms with Crippen molar-refractivity contribution in [1.29, 1.82) is 0 Å². The van der Waals surface area contributed by atoms with E-state index in [4.69, 9.17) is 0 Å². The maximum absolute atomic E-state index is 3.98. The average Bonchev–Trinajstić information content (AvgIpc) is 2.26. The first-order valence-electron chi connectivity index (χ1n) is 4.92. The van der Waals surface area contributed by atoms with Gasteiger partial charge in [0.2, 0.25) is 0 Å². The lowest BCUT2D eigenvalue weighted by Crippen LogP contribution is -1.79. The molecule has 15 heavy (non-hydrogen) atoms. The number of rotatable bonds is 5. The van der Waals surface area contributed by atoms with Crippen molar-refractivity contribution in [1.82, 2.24) is 0 Å². The topological polar surface area (TPSA) is 0 Å². The van der Waals surface area contributed by atoms with Crippen molar-refractivity contribution < 1.29 is 0 Å². The summed E-state index contributed by atoms with van der Waals surface area (Å²) in [7, 11) is 0. The van der Waals surface area contributed by atoms with Crippen LogP contribution in [-0.4, -0.2) is 6.26 Å². The third-order valence-electron chi connectivity index (χ3n) is 1.72. The first kappa shape index (κ1) is 13.9. The third-order valence-corrected chi connectivity index (χ3v) is 2.46. The molecule has 0 atom stereocenters. The van der Waals surface area contributed by atoms with Crippen LogP contribution < -0.4 is 0 Å². The highest BCUT2D eigenvalue weighted by molar-refractivity contribution is 8.02. The Morgan fingerprint density at radius 1 is 1.33 bits per heavy atom. The van der Waals surface area contributed by atoms with E-state index in [0.717, 1.165) is 16.9 Å². The van der Waals surface area contributed by atoms with Gasteiger partial charge in [-0.2, -0.15) is 0 Å². The lowest BCUT2D eigenvalue weighted by Gasteiger charge is -2.01. The molecule has 0 bridgehead atoms. The molecular weight excluding hydrogens is 200 g/mol. The lowest BCUT2D eigenvalue weighted by molar-refractivity contribution is 1.28. The van der Waals surface area contributed by atoms with Crippen LogP contribution in [-0.2, 0) is 0 Å². The van der Waals surface area contributed by atoms with Crippen molar-refractivity contribution >= 4 is 11.8 Å². The van der Waals surface area contributed by atoms with E-state index < -0.39 is 0 Å². The first-order valence-corrected chi connectivity index (χ1v) is 6.14. The van der Waals surface area contributed by atoms with Crippen molar-refractivity contribution in [2.45, 2.75) is 20.3 Å². The van der Waals surface area contributed by atoms with Crippen molar-refractivity contribution in [3.05, 3.63) is 58.9 Å². The fourth-order valence-corrected chi connectivity index (χ4v) is 1.35. The van der Waals surface area contributed by atoms with E-state index in [1.165, 1.54) is 0 Å². The fourth-order valence-electron chi connectivity index (χ4n) is 0.956. The predicted molar refractivity (Wildman–Crippen MR) is 72.0 cm³/mol. The van der Waals surface area contributed by atoms with Gasteiger partial charge in [-0.15, -0.1) is 23.2 Å². The summed E-state index contributed by atoms with van der Waals surface area (Å²) in [5.41, 5.74) is 7.35. The highest BCUT2D eigenvalue weighted by atomic mass is 32.2. The van der Waals surface area contributed by atoms with E-state index in [9.17, 15) is 0 Å². The van der Waals surface area contributed by atoms with Gasteiger partial charge >= 0.3 is 0 Å². The summed E-state index contributed by atoms with van der Waals surface area (Å²) in [5, 5.41) is 0. The molecule has 0 aliphatic heterocycles. The highest BCUT2D eigenvalue weighted by Gasteiger charge is 1.97. The molecule has 0 aliphatic carbocycles. The second-order valence-corrected chi connectivity index (χ2v) is 3.69. The highest BCUT2D eigenvalue weighted by Crippen LogP contribution is 2.21. The van der Waals surface area contributed by atoms with Gasteiger partial charge in [-0.05, 0) is 44.8 Å². The molecule has 0 saturated heterocycles. The number of hydrogen-bond donors (Lipinski definition) is 0. The van der Waals surface area contributed by atoms with Gasteiger partial charge < -0.3 is 0 Å². The van der Waals surface area contributed by atoms with E-state index in [0.29, 0.717) is 0 Å². The maximum Gasteiger partial charge on any atom is 0.0110 e. The van der Waals surface area contributed by atoms with Gasteiger partial charge in [-0.3, -0.25) is 0 Å². The van der Waals surface area contributed by atoms with Crippen LogP contribution in [0.2, 0.25) is 0 Å². The van der Waals surface area contributed by atoms with Crippen LogP contribution in [0.25, 0.3) is 0 Å². The number of thioether (sulfide) groups is 1. The minimum atomic E-state index is 0.867. The molecule has 0 aliphatic rings. The smallest absolute Gasteiger partial charge is 0.0110 e. The zero-order valence-corrected chi connectivity index (χ0v) is 10.5. The lowest BCUT2D eigenvalue weighted by atomic mass is 10.2. The van der Waals surface area contributed by atoms with Gasteiger partial charge in [-0.25, -0.2) is 0 Å². The number of hydrogen-bond acceptors (Lipinski definition) is 1. The Kier molecular flexibility index (Phi) is 8.72. The molecular formula is C14H18S. The van der Waals surface area contributed by atoms with Crippen LogP contribution in [0.3, 0.4) is 0 Å². The molecule has 0 heterocycles. The maximum atomic E-state index is 3.98. The van der Waals surface area contributed by atoms with Crippen LogP contribution >= 0.6 is 11.8 Å². The molecule has 0 amide bonds. The van der Waals surface area contributed by atoms with Crippen LogP contribution in [0.1, 0.15) is 20.3 Å². The minimum Gasteiger partial charge on any atom is -0.129 e. The second-order valence-electron chi connectivity index (χ2n) is 2.79. The summed E-state index contributed by atoms with van der Waals surface area (Å²) in [4.78, 5) is 1.08. The van der Waals surface area contributed by atoms with Gasteiger partial charge in [0.25, 0.3) is 0 Å². The van der Waals surface area contributed by atoms with E-state index >= 15 is 0 Å². The minimum absolute atomic E-state index is 0.867. The fraction of sp³-hybridized carbons (Fsp3) is 0.286. The van der Waals surface area contributed by atoms with Crippen LogP contribution in [0.5, 0.6) is 0 Å². The summed E-state index contributed by atoms with van der Waals surface area (Å²) in [6.45, 7) is 7.90. The molecule has 80 valence electrons. The molecule has 0 aromatic heterocycles. The quantitative estimate of drug-likeness (QED) is 0.478. The van der Waals surface area contributed by atoms with Crippen molar-refractivity contribution in [3.63, 3.8) is 0 Å². The van der Waals surface area contributed by atoms with E-state index in [1.807, 2.05) is 44.4 Å². The Morgan fingerprint density at radius 3 is 2.60 bits per heavy atom. The second kappa shape index (κ2) is 9.43. The average molecular weight is 218 g/mol. The summed E-state index contributed by atoms with van der Waals surface area (Å²) < 4.78 is 0. The van der Waals surface area contributed by atoms with E-state index in [1.54, 1.807) is 11.8 Å². The van der Waals surface area contributed by atoms with Crippen LogP contribution in [0.4, 0.5) is 0 Å². The molecule has 0 nitrogen and oxygen atoms in total. The molecule has 0 spiro atoms. The molecule has 0 rings (SSSR count). The SMILES string of the molecule is C=C(SC)C(=C=CC)C/C=C\C=C=CC. The molecule has 0 radical (unpaired) electrons. The molecule has 0 aromatic carbocycles. The number of allylic oxidation sites excluding steroid dienone is 4. The van der Waals surface area contributed by atoms with Gasteiger partial charge in [0, 0.05) is 10.5 Å². The zero-order chi connectivity index (χ0) is 11.5. The predicted octanol–water partition coefficient (Wildman–Crippen LogP) is 4.64. The van der Waals surface area contributed by atoms with Crippen LogP contribution in [0.15, 0.2) is 58.9 Å². The first-order chi connectivity index (χ1) is 7.26. The summed E-state index contributed by atoms with van der Waals surface area (Å²) >= 11 is 1.66. The normalized spacial score (nSPS) is 9.00. The zero-order valence-electron chi connectivity index (χ0n) is 9.71. The molecule has 0 fully saturated rings. The standard InChI is InChI=1S/C14H18S/c1-5-7-8-9-10-12-14(11-6-2)13(3)15-4/h5-6,8-10H,3,12H2,1-2,4H3/b10-9-. The van der Waals surface area contributed by atoms with Gasteiger partial charge in [0.05, 0.1) is 0 Å². The van der Waals surface area contributed by atoms with Crippen molar-refractivity contribution in [2.75, 3.05) is 6.26 Å². The molecule has 0 saturated carbocycles. The largest absolute Gasteiger partial charge is 0.129 e. The van der Waals surface area contributed by atoms with Crippen LogP contribution in [0, 0.1) is 0 Å². The summed E-state index contributed by atoms with van der Waals surface area (Å²) in [6.07, 6.45) is 12.7. The van der Waals surface area contributed by atoms with Gasteiger partial charge in [0.15, 0.2) is 0 Å². The Hall–Kier alpha value is -1.13. The van der Waals surface area contributed by atoms with Gasteiger partial charge in [-0.1, -0.05) is 18.7 Å². The Bertz CT molecular complexity index is 344. The van der Waals surface area contributed by atoms with E-state index in [2.05, 4.69) is 24.1 Å². The van der Waals surface area contributed by atoms with E-state index in [-0.39, 0.29) is 0 Å². The Balaban J connectivity index is 4.47. The Morgan fingerprint density at radius 2 is 2.07 bits per heavy atom. The molecule has 1 heteroatoms. The summed E-state index contributed by atoms with van der Waals surface area (Å²) in [5.74, 6) is 0. The van der Waals surface area contributed by atoms with Crippen molar-refractivity contribution in [3.8, 4) is 0 Å². The Labute approximate surface area is 97.5 Å². The molecule has 0 unspecified atom stereocenters. The monoisotopic (exact) mass is 218 g/mol. The summed E-state index contributed by atoms with van der Waals surface area (Å²) in [6, 6.07) is 0. The van der Waals surface area contributed by atoms with Gasteiger partial charge in [0.1, 0.15) is 0 Å². The molecule has 0 N–H and O–H groups in total.